The molecule has 0 spiro atoms. The summed E-state index contributed by atoms with van der Waals surface area (Å²) in [4.78, 5) is 14.7. The van der Waals surface area contributed by atoms with E-state index in [1.165, 1.54) is 23.3 Å². The summed E-state index contributed by atoms with van der Waals surface area (Å²) in [6.07, 6.45) is 4.32. The second-order valence-electron chi connectivity index (χ2n) is 6.75. The normalized spacial score (nSPS) is 17.8. The first-order chi connectivity index (χ1) is 12.1. The Balaban J connectivity index is 1.70. The van der Waals surface area contributed by atoms with Crippen LogP contribution in [0, 0.1) is 12.7 Å². The van der Waals surface area contributed by atoms with Crippen molar-refractivity contribution in [1.82, 2.24) is 10.2 Å². The van der Waals surface area contributed by atoms with Crippen molar-refractivity contribution in [2.24, 2.45) is 0 Å². The lowest BCUT2D eigenvalue weighted by molar-refractivity contribution is 0.175. The van der Waals surface area contributed by atoms with Gasteiger partial charge in [-0.3, -0.25) is 0 Å². The Kier molecular flexibility index (Phi) is 5.69. The molecule has 0 aliphatic carbocycles. The van der Waals surface area contributed by atoms with Crippen molar-refractivity contribution >= 4 is 6.03 Å². The number of halogens is 1. The van der Waals surface area contributed by atoms with E-state index < -0.39 is 0 Å². The number of aryl methyl sites for hydroxylation is 1. The second kappa shape index (κ2) is 8.15. The molecule has 0 radical (unpaired) electrons. The highest BCUT2D eigenvalue weighted by Gasteiger charge is 2.26. The topological polar surface area (TPSA) is 32.3 Å². The van der Waals surface area contributed by atoms with Gasteiger partial charge in [0.25, 0.3) is 0 Å². The third-order valence-electron chi connectivity index (χ3n) is 4.83. The van der Waals surface area contributed by atoms with Crippen molar-refractivity contribution in [2.75, 3.05) is 6.54 Å². The van der Waals surface area contributed by atoms with Gasteiger partial charge >= 0.3 is 6.03 Å². The molecule has 2 amide bonds. The number of hydrogen-bond donors (Lipinski definition) is 1. The molecule has 1 aliphatic heterocycles. The summed E-state index contributed by atoms with van der Waals surface area (Å²) in [6.45, 7) is 3.26. The zero-order valence-electron chi connectivity index (χ0n) is 14.7. The Hall–Kier alpha value is -2.36. The molecule has 3 nitrogen and oxygen atoms in total. The van der Waals surface area contributed by atoms with E-state index in [0.717, 1.165) is 37.8 Å². The molecule has 2 aromatic carbocycles. The molecule has 4 heteroatoms. The molecule has 3 rings (SSSR count). The molecule has 1 heterocycles. The van der Waals surface area contributed by atoms with E-state index in [1.807, 2.05) is 4.90 Å². The van der Waals surface area contributed by atoms with Crippen LogP contribution in [0.3, 0.4) is 0 Å². The van der Waals surface area contributed by atoms with Crippen LogP contribution in [0.2, 0.25) is 0 Å². The molecule has 132 valence electrons. The highest BCUT2D eigenvalue weighted by Crippen LogP contribution is 2.30. The number of urea groups is 1. The average Bonchev–Trinajstić information content (AvgIpc) is 2.88. The fourth-order valence-electron chi connectivity index (χ4n) is 3.37. The maximum absolute atomic E-state index is 13.0. The van der Waals surface area contributed by atoms with Crippen LogP contribution in [-0.2, 0) is 6.54 Å². The molecular formula is C21H25FN2O. The van der Waals surface area contributed by atoms with Crippen molar-refractivity contribution < 1.29 is 9.18 Å². The quantitative estimate of drug-likeness (QED) is 0.841. The van der Waals surface area contributed by atoms with Gasteiger partial charge in [-0.25, -0.2) is 9.18 Å². The Morgan fingerprint density at radius 3 is 2.52 bits per heavy atom. The number of likely N-dealkylation sites (tertiary alicyclic amines) is 1. The van der Waals surface area contributed by atoms with Gasteiger partial charge in [0, 0.05) is 13.1 Å². The number of rotatable bonds is 3. The number of amides is 2. The molecule has 1 atom stereocenters. The first-order valence-electron chi connectivity index (χ1n) is 8.99. The van der Waals surface area contributed by atoms with Gasteiger partial charge < -0.3 is 10.2 Å². The third-order valence-corrected chi connectivity index (χ3v) is 4.83. The summed E-state index contributed by atoms with van der Waals surface area (Å²) in [5.41, 5.74) is 3.32. The maximum atomic E-state index is 13.0. The highest BCUT2D eigenvalue weighted by molar-refractivity contribution is 5.74. The van der Waals surface area contributed by atoms with Crippen LogP contribution < -0.4 is 5.32 Å². The molecule has 0 bridgehead atoms. The fourth-order valence-corrected chi connectivity index (χ4v) is 3.37. The first-order valence-corrected chi connectivity index (χ1v) is 8.99. The van der Waals surface area contributed by atoms with Crippen molar-refractivity contribution in [3.05, 3.63) is 71.0 Å². The minimum absolute atomic E-state index is 0.0446. The van der Waals surface area contributed by atoms with E-state index in [4.69, 9.17) is 0 Å². The number of hydrogen-bond acceptors (Lipinski definition) is 1. The minimum Gasteiger partial charge on any atom is -0.334 e. The fraction of sp³-hybridized carbons (Fsp3) is 0.381. The van der Waals surface area contributed by atoms with Gasteiger partial charge in [-0.15, -0.1) is 0 Å². The minimum atomic E-state index is -0.262. The van der Waals surface area contributed by atoms with Gasteiger partial charge in [-0.2, -0.15) is 0 Å². The van der Waals surface area contributed by atoms with Crippen LogP contribution in [0.1, 0.15) is 48.4 Å². The molecular weight excluding hydrogens is 315 g/mol. The smallest absolute Gasteiger partial charge is 0.318 e. The molecule has 1 fully saturated rings. The van der Waals surface area contributed by atoms with E-state index in [-0.39, 0.29) is 17.9 Å². The molecule has 1 saturated heterocycles. The molecule has 1 N–H and O–H groups in total. The lowest BCUT2D eigenvalue weighted by atomic mass is 10.00. The van der Waals surface area contributed by atoms with Crippen LogP contribution in [-0.4, -0.2) is 17.5 Å². The van der Waals surface area contributed by atoms with Crippen LogP contribution in [0.25, 0.3) is 0 Å². The number of carbonyl (C=O) groups excluding carboxylic acids is 1. The molecule has 0 aromatic heterocycles. The van der Waals surface area contributed by atoms with E-state index in [0.29, 0.717) is 6.54 Å². The van der Waals surface area contributed by atoms with Crippen molar-refractivity contribution in [3.8, 4) is 0 Å². The highest BCUT2D eigenvalue weighted by atomic mass is 19.1. The Labute approximate surface area is 148 Å². The number of nitrogens with one attached hydrogen (secondary N) is 1. The Morgan fingerprint density at radius 2 is 1.80 bits per heavy atom. The summed E-state index contributed by atoms with van der Waals surface area (Å²) in [7, 11) is 0. The van der Waals surface area contributed by atoms with E-state index in [1.54, 1.807) is 12.1 Å². The monoisotopic (exact) mass is 340 g/mol. The van der Waals surface area contributed by atoms with Crippen LogP contribution in [0.15, 0.2) is 48.5 Å². The predicted molar refractivity (Wildman–Crippen MR) is 97.7 cm³/mol. The zero-order valence-corrected chi connectivity index (χ0v) is 14.7. The SMILES string of the molecule is Cc1ccc(C2CCCCCN2C(=O)NCc2ccc(F)cc2)cc1. The van der Waals surface area contributed by atoms with Gasteiger partial charge in [-0.05, 0) is 43.0 Å². The summed E-state index contributed by atoms with van der Waals surface area (Å²) >= 11 is 0. The molecule has 1 aliphatic rings. The first kappa shape index (κ1) is 17.5. The summed E-state index contributed by atoms with van der Waals surface area (Å²) in [6, 6.07) is 14.8. The summed E-state index contributed by atoms with van der Waals surface area (Å²) in [5, 5.41) is 2.99. The van der Waals surface area contributed by atoms with Gasteiger partial charge in [-0.1, -0.05) is 54.8 Å². The summed E-state index contributed by atoms with van der Waals surface area (Å²) < 4.78 is 13.0. The third kappa shape index (κ3) is 4.59. The van der Waals surface area contributed by atoms with Gasteiger partial charge in [0.2, 0.25) is 0 Å². The van der Waals surface area contributed by atoms with Gasteiger partial charge in [0.1, 0.15) is 5.82 Å². The van der Waals surface area contributed by atoms with E-state index in [9.17, 15) is 9.18 Å². The molecule has 0 saturated carbocycles. The number of carbonyl (C=O) groups is 1. The van der Waals surface area contributed by atoms with Gasteiger partial charge in [0.15, 0.2) is 0 Å². The van der Waals surface area contributed by atoms with Crippen molar-refractivity contribution in [1.29, 1.82) is 0 Å². The zero-order chi connectivity index (χ0) is 17.6. The van der Waals surface area contributed by atoms with Crippen LogP contribution in [0.5, 0.6) is 0 Å². The largest absolute Gasteiger partial charge is 0.334 e. The Bertz CT molecular complexity index is 697. The standard InChI is InChI=1S/C21H25FN2O/c1-16-6-10-18(11-7-16)20-5-3-2-4-14-24(20)21(25)23-15-17-8-12-19(22)13-9-17/h6-13,20H,2-5,14-15H2,1H3,(H,23,25). The van der Waals surface area contributed by atoms with Crippen molar-refractivity contribution in [2.45, 2.75) is 45.2 Å². The average molecular weight is 340 g/mol. The molecule has 25 heavy (non-hydrogen) atoms. The van der Waals surface area contributed by atoms with Crippen LogP contribution in [0.4, 0.5) is 9.18 Å². The molecule has 2 aromatic rings. The predicted octanol–water partition coefficient (Wildman–Crippen LogP) is 4.96. The number of nitrogens with zero attached hydrogens (tertiary/aromatic N) is 1. The molecule has 1 unspecified atom stereocenters. The number of benzene rings is 2. The van der Waals surface area contributed by atoms with Gasteiger partial charge in [0.05, 0.1) is 6.04 Å². The second-order valence-corrected chi connectivity index (χ2v) is 6.75. The summed E-state index contributed by atoms with van der Waals surface area (Å²) in [5.74, 6) is -0.262. The van der Waals surface area contributed by atoms with E-state index >= 15 is 0 Å². The van der Waals surface area contributed by atoms with Crippen LogP contribution >= 0.6 is 0 Å². The maximum Gasteiger partial charge on any atom is 0.318 e. The lowest BCUT2D eigenvalue weighted by Crippen LogP contribution is -2.41. The lowest BCUT2D eigenvalue weighted by Gasteiger charge is -2.30. The van der Waals surface area contributed by atoms with E-state index in [2.05, 4.69) is 36.5 Å². The van der Waals surface area contributed by atoms with Crippen molar-refractivity contribution in [3.63, 3.8) is 0 Å². The Morgan fingerprint density at radius 1 is 1.08 bits per heavy atom.